The normalized spacial score (nSPS) is 13.1. The van der Waals surface area contributed by atoms with Gasteiger partial charge in [-0.15, -0.1) is 11.3 Å². The molecule has 1 heterocycles. The number of thiazole rings is 1. The molecule has 0 saturated carbocycles. The van der Waals surface area contributed by atoms with E-state index in [1.165, 1.54) is 0 Å². The van der Waals surface area contributed by atoms with E-state index in [4.69, 9.17) is 4.74 Å². The molecular weight excluding hydrogens is 186 g/mol. The maximum Gasteiger partial charge on any atom is 0.0794 e. The summed E-state index contributed by atoms with van der Waals surface area (Å²) < 4.78 is 4.91. The van der Waals surface area contributed by atoms with Crippen molar-refractivity contribution in [1.29, 1.82) is 0 Å². The Morgan fingerprint density at radius 2 is 2.54 bits per heavy atom. The molecule has 13 heavy (non-hydrogen) atoms. The number of hydrogen-bond donors (Lipinski definition) is 1. The molecule has 0 amide bonds. The fourth-order valence-electron chi connectivity index (χ4n) is 1.14. The maximum absolute atomic E-state index is 9.57. The minimum atomic E-state index is -0.254. The monoisotopic (exact) mass is 201 g/mol. The van der Waals surface area contributed by atoms with Gasteiger partial charge in [-0.1, -0.05) is 0 Å². The zero-order chi connectivity index (χ0) is 9.52. The summed E-state index contributed by atoms with van der Waals surface area (Å²) in [7, 11) is 1.68. The number of hydrogen-bond acceptors (Lipinski definition) is 4. The zero-order valence-corrected chi connectivity index (χ0v) is 8.59. The molecule has 3 nitrogen and oxygen atoms in total. The average molecular weight is 201 g/mol. The van der Waals surface area contributed by atoms with Crippen LogP contribution in [0.2, 0.25) is 0 Å². The second kappa shape index (κ2) is 6.07. The van der Waals surface area contributed by atoms with Crippen LogP contribution >= 0.6 is 11.3 Å². The van der Waals surface area contributed by atoms with Crippen molar-refractivity contribution in [3.05, 3.63) is 16.6 Å². The first-order valence-electron chi connectivity index (χ1n) is 4.37. The highest BCUT2D eigenvalue weighted by Crippen LogP contribution is 2.11. The van der Waals surface area contributed by atoms with E-state index in [1.54, 1.807) is 24.0 Å². The van der Waals surface area contributed by atoms with Gasteiger partial charge < -0.3 is 9.84 Å². The van der Waals surface area contributed by atoms with Crippen LogP contribution in [-0.2, 0) is 11.2 Å². The number of aliphatic hydroxyl groups is 1. The molecule has 0 aliphatic rings. The lowest BCUT2D eigenvalue weighted by Crippen LogP contribution is -2.10. The highest BCUT2D eigenvalue weighted by molar-refractivity contribution is 7.09. The van der Waals surface area contributed by atoms with E-state index in [-0.39, 0.29) is 6.10 Å². The number of methoxy groups -OCH3 is 1. The van der Waals surface area contributed by atoms with Crippen LogP contribution in [0.25, 0.3) is 0 Å². The SMILES string of the molecule is COCCCC(O)Cc1cncs1. The van der Waals surface area contributed by atoms with E-state index < -0.39 is 0 Å². The smallest absolute Gasteiger partial charge is 0.0794 e. The standard InChI is InChI=1S/C9H15NO2S/c1-12-4-2-3-8(11)5-9-6-10-7-13-9/h6-8,11H,2-5H2,1H3. The van der Waals surface area contributed by atoms with E-state index in [0.29, 0.717) is 6.42 Å². The van der Waals surface area contributed by atoms with Gasteiger partial charge in [0, 0.05) is 31.2 Å². The van der Waals surface area contributed by atoms with E-state index in [9.17, 15) is 5.11 Å². The number of aliphatic hydroxyl groups excluding tert-OH is 1. The van der Waals surface area contributed by atoms with E-state index in [0.717, 1.165) is 24.3 Å². The largest absolute Gasteiger partial charge is 0.393 e. The van der Waals surface area contributed by atoms with Crippen molar-refractivity contribution in [2.24, 2.45) is 0 Å². The van der Waals surface area contributed by atoms with Gasteiger partial charge in [-0.25, -0.2) is 0 Å². The first-order valence-corrected chi connectivity index (χ1v) is 5.25. The first-order chi connectivity index (χ1) is 6.33. The topological polar surface area (TPSA) is 42.4 Å². The quantitative estimate of drug-likeness (QED) is 0.709. The Morgan fingerprint density at radius 3 is 3.15 bits per heavy atom. The summed E-state index contributed by atoms with van der Waals surface area (Å²) >= 11 is 1.59. The van der Waals surface area contributed by atoms with Gasteiger partial charge in [-0.3, -0.25) is 4.98 Å². The molecule has 4 heteroatoms. The molecule has 1 aromatic rings. The number of rotatable bonds is 6. The Labute approximate surface area is 82.4 Å². The number of nitrogens with zero attached hydrogens (tertiary/aromatic N) is 1. The van der Waals surface area contributed by atoms with Crippen LogP contribution in [0.5, 0.6) is 0 Å². The summed E-state index contributed by atoms with van der Waals surface area (Å²) in [6, 6.07) is 0. The summed E-state index contributed by atoms with van der Waals surface area (Å²) in [5.74, 6) is 0. The Morgan fingerprint density at radius 1 is 1.69 bits per heavy atom. The molecule has 1 unspecified atom stereocenters. The van der Waals surface area contributed by atoms with Crippen molar-refractivity contribution < 1.29 is 9.84 Å². The molecule has 1 rings (SSSR count). The molecule has 74 valence electrons. The third kappa shape index (κ3) is 4.36. The molecule has 1 N–H and O–H groups in total. The van der Waals surface area contributed by atoms with Gasteiger partial charge in [0.2, 0.25) is 0 Å². The lowest BCUT2D eigenvalue weighted by molar-refractivity contribution is 0.136. The van der Waals surface area contributed by atoms with Gasteiger partial charge >= 0.3 is 0 Å². The van der Waals surface area contributed by atoms with Crippen molar-refractivity contribution in [2.75, 3.05) is 13.7 Å². The average Bonchev–Trinajstić information content (AvgIpc) is 2.57. The maximum atomic E-state index is 9.57. The van der Waals surface area contributed by atoms with Crippen molar-refractivity contribution in [2.45, 2.75) is 25.4 Å². The molecule has 0 aromatic carbocycles. The minimum Gasteiger partial charge on any atom is -0.393 e. The van der Waals surface area contributed by atoms with Crippen molar-refractivity contribution >= 4 is 11.3 Å². The Bertz CT molecular complexity index is 213. The van der Waals surface area contributed by atoms with Gasteiger partial charge in [-0.05, 0) is 12.8 Å². The summed E-state index contributed by atoms with van der Waals surface area (Å²) in [5, 5.41) is 9.57. The fourth-order valence-corrected chi connectivity index (χ4v) is 1.81. The Kier molecular flexibility index (Phi) is 4.97. The minimum absolute atomic E-state index is 0.254. The second-order valence-electron chi connectivity index (χ2n) is 2.96. The predicted octanol–water partition coefficient (Wildman–Crippen LogP) is 1.47. The molecule has 1 aromatic heterocycles. The van der Waals surface area contributed by atoms with Gasteiger partial charge in [0.25, 0.3) is 0 Å². The van der Waals surface area contributed by atoms with Crippen LogP contribution in [0.15, 0.2) is 11.7 Å². The molecule has 0 saturated heterocycles. The summed E-state index contributed by atoms with van der Waals surface area (Å²) in [6.45, 7) is 0.722. The second-order valence-corrected chi connectivity index (χ2v) is 3.93. The van der Waals surface area contributed by atoms with Crippen molar-refractivity contribution in [1.82, 2.24) is 4.98 Å². The zero-order valence-electron chi connectivity index (χ0n) is 7.77. The van der Waals surface area contributed by atoms with Crippen LogP contribution in [0.4, 0.5) is 0 Å². The van der Waals surface area contributed by atoms with Crippen molar-refractivity contribution in [3.63, 3.8) is 0 Å². The summed E-state index contributed by atoms with van der Waals surface area (Å²) in [5.41, 5.74) is 1.79. The molecule has 0 radical (unpaired) electrons. The molecule has 0 aliphatic carbocycles. The number of ether oxygens (including phenoxy) is 1. The van der Waals surface area contributed by atoms with E-state index in [1.807, 2.05) is 6.20 Å². The molecule has 0 fully saturated rings. The third-order valence-electron chi connectivity index (χ3n) is 1.81. The predicted molar refractivity (Wildman–Crippen MR) is 52.9 cm³/mol. The molecule has 0 aliphatic heterocycles. The fraction of sp³-hybridized carbons (Fsp3) is 0.667. The summed E-state index contributed by atoms with van der Waals surface area (Å²) in [6.07, 6.45) is 3.98. The number of aromatic nitrogens is 1. The molecule has 0 bridgehead atoms. The molecule has 0 spiro atoms. The van der Waals surface area contributed by atoms with E-state index in [2.05, 4.69) is 4.98 Å². The van der Waals surface area contributed by atoms with Gasteiger partial charge in [-0.2, -0.15) is 0 Å². The Balaban J connectivity index is 2.14. The van der Waals surface area contributed by atoms with Crippen molar-refractivity contribution in [3.8, 4) is 0 Å². The van der Waals surface area contributed by atoms with Crippen LogP contribution in [0.1, 0.15) is 17.7 Å². The Hall–Kier alpha value is -0.450. The van der Waals surface area contributed by atoms with Crippen LogP contribution in [-0.4, -0.2) is 29.9 Å². The summed E-state index contributed by atoms with van der Waals surface area (Å²) in [4.78, 5) is 5.10. The van der Waals surface area contributed by atoms with Crippen LogP contribution in [0, 0.1) is 0 Å². The van der Waals surface area contributed by atoms with Gasteiger partial charge in [0.15, 0.2) is 0 Å². The lowest BCUT2D eigenvalue weighted by atomic mass is 10.1. The lowest BCUT2D eigenvalue weighted by Gasteiger charge is -2.07. The van der Waals surface area contributed by atoms with Gasteiger partial charge in [0.05, 0.1) is 11.6 Å². The highest BCUT2D eigenvalue weighted by atomic mass is 32.1. The first kappa shape index (κ1) is 10.6. The van der Waals surface area contributed by atoms with Crippen LogP contribution < -0.4 is 0 Å². The van der Waals surface area contributed by atoms with Crippen LogP contribution in [0.3, 0.4) is 0 Å². The third-order valence-corrected chi connectivity index (χ3v) is 2.61. The highest BCUT2D eigenvalue weighted by Gasteiger charge is 2.05. The molecular formula is C9H15NO2S. The van der Waals surface area contributed by atoms with E-state index >= 15 is 0 Å². The molecule has 1 atom stereocenters. The van der Waals surface area contributed by atoms with Gasteiger partial charge in [0.1, 0.15) is 0 Å².